The largest absolute Gasteiger partial charge is 0.356 e. The summed E-state index contributed by atoms with van der Waals surface area (Å²) in [7, 11) is 0. The highest BCUT2D eigenvalue weighted by molar-refractivity contribution is 6.01. The fraction of sp³-hybridized carbons (Fsp3) is 0.522. The Morgan fingerprint density at radius 3 is 2.91 bits per heavy atom. The maximum Gasteiger partial charge on any atom is 0.254 e. The van der Waals surface area contributed by atoms with E-state index in [0.717, 1.165) is 11.0 Å². The van der Waals surface area contributed by atoms with Gasteiger partial charge >= 0.3 is 0 Å². The fourth-order valence-electron chi connectivity index (χ4n) is 5.62. The van der Waals surface area contributed by atoms with Gasteiger partial charge in [0.15, 0.2) is 0 Å². The lowest BCUT2D eigenvalue weighted by atomic mass is 9.97. The highest BCUT2D eigenvalue weighted by Gasteiger charge is 2.69. The smallest absolute Gasteiger partial charge is 0.254 e. The Morgan fingerprint density at radius 1 is 1.38 bits per heavy atom. The minimum absolute atomic E-state index is 0.0336. The molecule has 3 N–H and O–H groups in total. The molecular formula is C23H27N5O4. The Labute approximate surface area is 185 Å². The molecule has 0 unspecified atom stereocenters. The van der Waals surface area contributed by atoms with E-state index in [1.807, 2.05) is 0 Å². The topological polar surface area (TPSA) is 124 Å². The Bertz CT molecular complexity index is 1110. The van der Waals surface area contributed by atoms with Crippen molar-refractivity contribution in [3.63, 3.8) is 0 Å². The van der Waals surface area contributed by atoms with Crippen molar-refractivity contribution in [2.45, 2.75) is 38.8 Å². The molecule has 168 valence electrons. The average molecular weight is 438 g/mol. The number of fused-ring (bicyclic) bond motifs is 2. The first-order valence-corrected chi connectivity index (χ1v) is 11.1. The van der Waals surface area contributed by atoms with Crippen LogP contribution in [0.15, 0.2) is 24.5 Å². The predicted molar refractivity (Wildman–Crippen MR) is 115 cm³/mol. The number of carbonyl (C=O) groups is 4. The van der Waals surface area contributed by atoms with Gasteiger partial charge < -0.3 is 25.3 Å². The Balaban J connectivity index is 1.35. The van der Waals surface area contributed by atoms with E-state index in [-0.39, 0.29) is 47.3 Å². The monoisotopic (exact) mass is 437 g/mol. The number of aldehydes is 1. The molecule has 1 aromatic carbocycles. The molecule has 0 spiro atoms. The summed E-state index contributed by atoms with van der Waals surface area (Å²) in [6.07, 6.45) is 3.19. The zero-order valence-corrected chi connectivity index (χ0v) is 18.1. The molecular weight excluding hydrogens is 410 g/mol. The summed E-state index contributed by atoms with van der Waals surface area (Å²) in [5, 5.41) is 5.57. The van der Waals surface area contributed by atoms with E-state index in [0.29, 0.717) is 31.4 Å². The summed E-state index contributed by atoms with van der Waals surface area (Å²) in [4.78, 5) is 59.1. The molecule has 2 aromatic rings. The summed E-state index contributed by atoms with van der Waals surface area (Å²) in [5.41, 5.74) is 1.99. The number of carbonyl (C=O) groups excluding carboxylic acids is 4. The van der Waals surface area contributed by atoms with Gasteiger partial charge in [-0.25, -0.2) is 4.98 Å². The van der Waals surface area contributed by atoms with Gasteiger partial charge in [0.2, 0.25) is 11.8 Å². The van der Waals surface area contributed by atoms with Crippen LogP contribution in [0, 0.1) is 23.2 Å². The zero-order valence-electron chi connectivity index (χ0n) is 18.1. The van der Waals surface area contributed by atoms with Crippen LogP contribution in [0.5, 0.6) is 0 Å². The van der Waals surface area contributed by atoms with Crippen LogP contribution in [-0.2, 0) is 14.4 Å². The number of rotatable bonds is 6. The van der Waals surface area contributed by atoms with Gasteiger partial charge in [0, 0.05) is 24.6 Å². The molecule has 9 nitrogen and oxygen atoms in total. The SMILES string of the molecule is CC1(C)[C@@H]2[C@@H](C(=O)N[C@H](C=O)C[C@@H]3CCNC3=O)N(C(=O)c3ccc4nc[nH]c4c3)C[C@@H]21. The second-order valence-electron chi connectivity index (χ2n) is 9.75. The lowest BCUT2D eigenvalue weighted by molar-refractivity contribution is -0.129. The van der Waals surface area contributed by atoms with Crippen molar-refractivity contribution >= 4 is 35.0 Å². The van der Waals surface area contributed by atoms with E-state index in [1.165, 1.54) is 0 Å². The fourth-order valence-corrected chi connectivity index (χ4v) is 5.62. The molecule has 9 heteroatoms. The summed E-state index contributed by atoms with van der Waals surface area (Å²) < 4.78 is 0. The molecule has 0 bridgehead atoms. The molecule has 3 amide bonds. The van der Waals surface area contributed by atoms with Crippen LogP contribution in [0.25, 0.3) is 11.0 Å². The number of piperidine rings is 1. The number of likely N-dealkylation sites (tertiary alicyclic amines) is 1. The van der Waals surface area contributed by atoms with Crippen molar-refractivity contribution in [1.29, 1.82) is 0 Å². The maximum absolute atomic E-state index is 13.4. The molecule has 3 fully saturated rings. The number of nitrogens with zero attached hydrogens (tertiary/aromatic N) is 2. The molecule has 3 aliphatic rings. The molecule has 1 aromatic heterocycles. The third kappa shape index (κ3) is 3.27. The van der Waals surface area contributed by atoms with Crippen LogP contribution < -0.4 is 10.6 Å². The molecule has 1 saturated carbocycles. The van der Waals surface area contributed by atoms with Crippen LogP contribution in [0.1, 0.15) is 37.0 Å². The van der Waals surface area contributed by atoms with Gasteiger partial charge in [-0.1, -0.05) is 13.8 Å². The number of H-pyrrole nitrogens is 1. The van der Waals surface area contributed by atoms with Crippen molar-refractivity contribution in [2.24, 2.45) is 23.2 Å². The molecule has 2 aliphatic heterocycles. The first kappa shape index (κ1) is 20.7. The lowest BCUT2D eigenvalue weighted by Gasteiger charge is -2.31. The van der Waals surface area contributed by atoms with Crippen LogP contribution in [0.3, 0.4) is 0 Å². The molecule has 2 saturated heterocycles. The predicted octanol–water partition coefficient (Wildman–Crippen LogP) is 0.869. The highest BCUT2D eigenvalue weighted by atomic mass is 16.2. The van der Waals surface area contributed by atoms with Gasteiger partial charge in [-0.05, 0) is 48.3 Å². The molecule has 1 aliphatic carbocycles. The lowest BCUT2D eigenvalue weighted by Crippen LogP contribution is -2.52. The molecule has 0 radical (unpaired) electrons. The summed E-state index contributed by atoms with van der Waals surface area (Å²) >= 11 is 0. The number of nitrogens with one attached hydrogen (secondary N) is 3. The van der Waals surface area contributed by atoms with E-state index in [4.69, 9.17) is 0 Å². The van der Waals surface area contributed by atoms with Crippen LogP contribution in [0.2, 0.25) is 0 Å². The standard InChI is InChI=1S/C23H27N5O4/c1-23(2)15-9-28(22(32)13-3-4-16-17(8-13)26-11-25-16)19(18(15)23)21(31)27-14(10-29)7-12-5-6-24-20(12)30/h3-4,8,10-12,14-15,18-19H,5-7,9H2,1-2H3,(H,24,30)(H,25,26)(H,27,31)/t12-,14-,15-,18-,19-/m0/s1. The van der Waals surface area contributed by atoms with Gasteiger partial charge in [-0.2, -0.15) is 0 Å². The maximum atomic E-state index is 13.4. The van der Waals surface area contributed by atoms with E-state index >= 15 is 0 Å². The molecule has 3 heterocycles. The first-order chi connectivity index (χ1) is 15.3. The van der Waals surface area contributed by atoms with E-state index in [9.17, 15) is 19.2 Å². The third-order valence-electron chi connectivity index (χ3n) is 7.60. The average Bonchev–Trinajstić information content (AvgIpc) is 3.31. The quantitative estimate of drug-likeness (QED) is 0.579. The van der Waals surface area contributed by atoms with E-state index in [1.54, 1.807) is 29.4 Å². The van der Waals surface area contributed by atoms with Gasteiger partial charge in [0.1, 0.15) is 12.3 Å². The summed E-state index contributed by atoms with van der Waals surface area (Å²) in [6.45, 7) is 5.32. The van der Waals surface area contributed by atoms with Crippen molar-refractivity contribution in [3.8, 4) is 0 Å². The number of hydrogen-bond donors (Lipinski definition) is 3. The van der Waals surface area contributed by atoms with Crippen molar-refractivity contribution < 1.29 is 19.2 Å². The van der Waals surface area contributed by atoms with Gasteiger partial charge in [-0.3, -0.25) is 14.4 Å². The second-order valence-corrected chi connectivity index (χ2v) is 9.75. The van der Waals surface area contributed by atoms with Crippen LogP contribution in [-0.4, -0.2) is 64.0 Å². The van der Waals surface area contributed by atoms with Crippen LogP contribution in [0.4, 0.5) is 0 Å². The highest BCUT2D eigenvalue weighted by Crippen LogP contribution is 2.65. The van der Waals surface area contributed by atoms with Crippen molar-refractivity contribution in [1.82, 2.24) is 25.5 Å². The molecule has 5 atom stereocenters. The minimum atomic E-state index is -0.754. The van der Waals surface area contributed by atoms with E-state index < -0.39 is 12.1 Å². The number of amides is 3. The number of hydrogen-bond acceptors (Lipinski definition) is 5. The van der Waals surface area contributed by atoms with Gasteiger partial charge in [-0.15, -0.1) is 0 Å². The first-order valence-electron chi connectivity index (χ1n) is 11.1. The zero-order chi connectivity index (χ0) is 22.6. The number of imidazole rings is 1. The minimum Gasteiger partial charge on any atom is -0.356 e. The number of aromatic nitrogens is 2. The Morgan fingerprint density at radius 2 is 2.19 bits per heavy atom. The summed E-state index contributed by atoms with van der Waals surface area (Å²) in [6, 6.07) is 3.86. The van der Waals surface area contributed by atoms with Gasteiger partial charge in [0.25, 0.3) is 5.91 Å². The van der Waals surface area contributed by atoms with Crippen molar-refractivity contribution in [3.05, 3.63) is 30.1 Å². The van der Waals surface area contributed by atoms with Crippen LogP contribution >= 0.6 is 0 Å². The second kappa shape index (κ2) is 7.43. The van der Waals surface area contributed by atoms with Gasteiger partial charge in [0.05, 0.1) is 23.4 Å². The molecule has 5 rings (SSSR count). The Hall–Kier alpha value is -3.23. The molecule has 32 heavy (non-hydrogen) atoms. The van der Waals surface area contributed by atoms with E-state index in [2.05, 4.69) is 34.4 Å². The Kier molecular flexibility index (Phi) is 4.79. The normalized spacial score (nSPS) is 28.8. The number of aromatic amines is 1. The summed E-state index contributed by atoms with van der Waals surface area (Å²) in [5.74, 6) is -0.603. The van der Waals surface area contributed by atoms with Crippen molar-refractivity contribution in [2.75, 3.05) is 13.1 Å². The number of benzene rings is 1. The third-order valence-corrected chi connectivity index (χ3v) is 7.60.